The zero-order valence-corrected chi connectivity index (χ0v) is 13.3. The Kier molecular flexibility index (Phi) is 4.30. The molecule has 0 unspecified atom stereocenters. The van der Waals surface area contributed by atoms with E-state index in [9.17, 15) is 9.59 Å². The molecule has 3 aromatic rings. The van der Waals surface area contributed by atoms with E-state index in [0.717, 1.165) is 0 Å². The van der Waals surface area contributed by atoms with E-state index < -0.39 is 11.7 Å². The summed E-state index contributed by atoms with van der Waals surface area (Å²) in [6, 6.07) is 2.70. The van der Waals surface area contributed by atoms with Gasteiger partial charge in [0.25, 0.3) is 11.1 Å². The van der Waals surface area contributed by atoms with Gasteiger partial charge in [0.1, 0.15) is 12.1 Å². The number of urea groups is 1. The Morgan fingerprint density at radius 3 is 1.86 bits per heavy atom. The predicted octanol–water partition coefficient (Wildman–Crippen LogP) is -0.659. The van der Waals surface area contributed by atoms with Crippen molar-refractivity contribution in [3.8, 4) is 12.1 Å². The summed E-state index contributed by atoms with van der Waals surface area (Å²) in [5.74, 6) is -0.282. The number of hydrogen-bond acceptors (Lipinski definition) is 8. The fourth-order valence-electron chi connectivity index (χ4n) is 1.92. The van der Waals surface area contributed by atoms with Crippen molar-refractivity contribution < 1.29 is 4.79 Å². The van der Waals surface area contributed by atoms with Gasteiger partial charge in [-0.2, -0.15) is 15.5 Å². The lowest BCUT2D eigenvalue weighted by atomic mass is 10.4. The van der Waals surface area contributed by atoms with Crippen molar-refractivity contribution in [2.24, 2.45) is 9.98 Å². The quantitative estimate of drug-likeness (QED) is 0.486. The van der Waals surface area contributed by atoms with Crippen LogP contribution < -0.4 is 16.7 Å². The average Bonchev–Trinajstić information content (AvgIpc) is 3.25. The number of hydrogen-bond donors (Lipinski definition) is 2. The van der Waals surface area contributed by atoms with Crippen molar-refractivity contribution in [3.63, 3.8) is 0 Å². The van der Waals surface area contributed by atoms with Gasteiger partial charge in [0.2, 0.25) is 11.1 Å². The van der Waals surface area contributed by atoms with Crippen molar-refractivity contribution in [1.82, 2.24) is 29.9 Å². The highest BCUT2D eigenvalue weighted by atomic mass is 16.2. The molecule has 130 valence electrons. The number of rotatable bonds is 0. The molecule has 3 aromatic heterocycles. The summed E-state index contributed by atoms with van der Waals surface area (Å²) in [5, 5.41) is 17.2. The fraction of sp³-hybridized carbons (Fsp3) is 0. The summed E-state index contributed by atoms with van der Waals surface area (Å²) < 4.78 is 0. The Balaban J connectivity index is 0.000000161. The second-order valence-electron chi connectivity index (χ2n) is 4.67. The molecule has 1 aliphatic heterocycles. The van der Waals surface area contributed by atoms with E-state index in [1.165, 1.54) is 0 Å². The molecule has 0 fully saturated rings. The zero-order chi connectivity index (χ0) is 20.3. The number of amides is 2. The van der Waals surface area contributed by atoms with Crippen LogP contribution in [-0.2, 0) is 0 Å². The summed E-state index contributed by atoms with van der Waals surface area (Å²) in [6.45, 7) is 13.5. The van der Waals surface area contributed by atoms with Crippen LogP contribution in [-0.4, -0.2) is 35.9 Å². The van der Waals surface area contributed by atoms with E-state index in [2.05, 4.69) is 49.6 Å². The van der Waals surface area contributed by atoms with E-state index in [1.54, 1.807) is 12.1 Å². The largest absolute Gasteiger partial charge is 0.373 e. The number of fused-ring (bicyclic) bond motifs is 2. The number of nitrogens with zero attached hydrogens (tertiary/aromatic N) is 10. The molecular weight excluding hydrogens is 368 g/mol. The van der Waals surface area contributed by atoms with Crippen LogP contribution in [0.4, 0.5) is 16.4 Å². The van der Waals surface area contributed by atoms with Gasteiger partial charge in [-0.15, -0.1) is 4.99 Å². The van der Waals surface area contributed by atoms with Crippen molar-refractivity contribution in [3.05, 3.63) is 55.7 Å². The molecule has 0 saturated carbocycles. The lowest BCUT2D eigenvalue weighted by molar-refractivity contribution is 0.256. The van der Waals surface area contributed by atoms with Gasteiger partial charge in [-0.1, -0.05) is 23.1 Å². The average molecular weight is 370 g/mol. The van der Waals surface area contributed by atoms with Gasteiger partial charge < -0.3 is 9.69 Å². The first kappa shape index (κ1) is 17.5. The van der Waals surface area contributed by atoms with Crippen LogP contribution >= 0.6 is 0 Å². The second-order valence-corrected chi connectivity index (χ2v) is 4.67. The number of H-pyrrole nitrogens is 2. The Hall–Kier alpha value is -5.34. The molecule has 14 heteroatoms. The highest BCUT2D eigenvalue weighted by Crippen LogP contribution is 2.14. The number of aromatic nitrogens is 6. The van der Waals surface area contributed by atoms with Gasteiger partial charge in [-0.25, -0.2) is 19.6 Å². The van der Waals surface area contributed by atoms with E-state index >= 15 is 0 Å². The van der Waals surface area contributed by atoms with Gasteiger partial charge in [-0.05, 0) is 0 Å². The summed E-state index contributed by atoms with van der Waals surface area (Å²) >= 11 is 0. The number of carbonyl (C=O) groups is 1. The molecule has 0 saturated heterocycles. The lowest BCUT2D eigenvalue weighted by Gasteiger charge is -1.89. The van der Waals surface area contributed by atoms with Crippen LogP contribution in [0, 0.1) is 35.8 Å². The number of imidazole rings is 1. The van der Waals surface area contributed by atoms with Crippen molar-refractivity contribution in [2.75, 3.05) is 0 Å². The van der Waals surface area contributed by atoms with Crippen molar-refractivity contribution in [1.29, 1.82) is 10.5 Å². The third-order valence-electron chi connectivity index (χ3n) is 3.01. The maximum absolute atomic E-state index is 10.8. The van der Waals surface area contributed by atoms with Crippen LogP contribution in [0.1, 0.15) is 11.4 Å². The SMILES string of the molecule is [C-]#[N+]c1nc2[nH]c(=O)[nH]c2nc1C#N.[C-]#[N+]c1nc2c(nc1C#N)=NC(=O)N=2. The monoisotopic (exact) mass is 370 g/mol. The number of aromatic amines is 2. The Bertz CT molecular complexity index is 1390. The number of carbonyl (C=O) groups excluding carboxylic acids is 1. The standard InChI is InChI=1S/C7H2N6O.C7N6O/c2*1-9-4-3(2-8)10-5-6(11-4)13-7(14)12-5/h(H2,10,11,12,13,14);. The van der Waals surface area contributed by atoms with Crippen molar-refractivity contribution >= 4 is 29.0 Å². The van der Waals surface area contributed by atoms with Crippen LogP contribution in [0.3, 0.4) is 0 Å². The minimum Gasteiger partial charge on any atom is -0.358 e. The topological polar surface area (TPSA) is 198 Å². The van der Waals surface area contributed by atoms with Gasteiger partial charge in [-0.3, -0.25) is 9.97 Å². The first-order valence-electron chi connectivity index (χ1n) is 6.93. The third kappa shape index (κ3) is 3.11. The number of nitriles is 2. The van der Waals surface area contributed by atoms with E-state index in [-0.39, 0.29) is 45.3 Å². The molecule has 14 nitrogen and oxygen atoms in total. The van der Waals surface area contributed by atoms with Gasteiger partial charge in [0.05, 0.1) is 0 Å². The molecule has 1 aliphatic rings. The molecule has 0 spiro atoms. The highest BCUT2D eigenvalue weighted by molar-refractivity contribution is 5.77. The molecule has 0 aliphatic carbocycles. The molecule has 2 amide bonds. The molecule has 4 rings (SSSR count). The third-order valence-corrected chi connectivity index (χ3v) is 3.01. The minimum atomic E-state index is -0.717. The fourth-order valence-corrected chi connectivity index (χ4v) is 1.92. The molecule has 0 aromatic carbocycles. The first-order chi connectivity index (χ1) is 13.5. The van der Waals surface area contributed by atoms with E-state index in [1.807, 2.05) is 0 Å². The summed E-state index contributed by atoms with van der Waals surface area (Å²) in [7, 11) is 0. The molecule has 28 heavy (non-hydrogen) atoms. The summed E-state index contributed by atoms with van der Waals surface area (Å²) in [4.78, 5) is 53.9. The van der Waals surface area contributed by atoms with Crippen molar-refractivity contribution in [2.45, 2.75) is 0 Å². The molecule has 0 atom stereocenters. The highest BCUT2D eigenvalue weighted by Gasteiger charge is 2.15. The van der Waals surface area contributed by atoms with E-state index in [0.29, 0.717) is 0 Å². The van der Waals surface area contributed by atoms with Gasteiger partial charge in [0.15, 0.2) is 11.4 Å². The summed E-state index contributed by atoms with van der Waals surface area (Å²) in [6.07, 6.45) is 0. The van der Waals surface area contributed by atoms with Crippen LogP contribution in [0.15, 0.2) is 14.8 Å². The minimum absolute atomic E-state index is 0.000000000000000222. The molecule has 4 heterocycles. The maximum Gasteiger partial charge on any atom is 0.373 e. The van der Waals surface area contributed by atoms with E-state index in [4.69, 9.17) is 23.7 Å². The molecule has 0 radical (unpaired) electrons. The normalized spacial score (nSPS) is 10.8. The Labute approximate surface area is 152 Å². The smallest absolute Gasteiger partial charge is 0.358 e. The Morgan fingerprint density at radius 1 is 0.786 bits per heavy atom. The van der Waals surface area contributed by atoms with Gasteiger partial charge in [0, 0.05) is 0 Å². The van der Waals surface area contributed by atoms with Gasteiger partial charge >= 0.3 is 23.4 Å². The zero-order valence-electron chi connectivity index (χ0n) is 13.3. The molecular formula is C14H2N12O2. The first-order valence-corrected chi connectivity index (χ1v) is 6.93. The maximum atomic E-state index is 10.8. The number of nitrogens with one attached hydrogen (secondary N) is 2. The van der Waals surface area contributed by atoms with Crippen LogP contribution in [0.25, 0.3) is 21.0 Å². The predicted molar refractivity (Wildman–Crippen MR) is 86.2 cm³/mol. The van der Waals surface area contributed by atoms with Crippen LogP contribution in [0.2, 0.25) is 0 Å². The second kappa shape index (κ2) is 6.88. The molecule has 0 bridgehead atoms. The summed E-state index contributed by atoms with van der Waals surface area (Å²) in [5.41, 5.74) is -0.348. The Morgan fingerprint density at radius 2 is 1.29 bits per heavy atom. The lowest BCUT2D eigenvalue weighted by Crippen LogP contribution is -2.29. The molecule has 2 N–H and O–H groups in total. The van der Waals surface area contributed by atoms with Crippen LogP contribution in [0.5, 0.6) is 0 Å².